The standard InChI is InChI=1S/C20H18Cl2N4O/c21-13-5-6-16-18(11-13)23-12-24-19(16)26-9-7-14(8-10-26)25-20(27)15-3-1-2-4-17(15)22/h1-6,11-12,14H,7-10H2,(H,25,27). The first kappa shape index (κ1) is 18.0. The summed E-state index contributed by atoms with van der Waals surface area (Å²) < 4.78 is 0. The average molecular weight is 401 g/mol. The maximum absolute atomic E-state index is 12.4. The molecule has 3 aromatic rings. The van der Waals surface area contributed by atoms with Gasteiger partial charge in [0.15, 0.2) is 0 Å². The molecule has 1 fully saturated rings. The number of hydrogen-bond donors (Lipinski definition) is 1. The van der Waals surface area contributed by atoms with Crippen LogP contribution in [-0.4, -0.2) is 35.0 Å². The molecule has 0 unspecified atom stereocenters. The smallest absolute Gasteiger partial charge is 0.253 e. The van der Waals surface area contributed by atoms with Gasteiger partial charge in [-0.05, 0) is 43.2 Å². The molecule has 2 aromatic carbocycles. The molecule has 1 amide bonds. The van der Waals surface area contributed by atoms with Gasteiger partial charge in [-0.1, -0.05) is 35.3 Å². The summed E-state index contributed by atoms with van der Waals surface area (Å²) >= 11 is 12.2. The maximum Gasteiger partial charge on any atom is 0.253 e. The topological polar surface area (TPSA) is 58.1 Å². The maximum atomic E-state index is 12.4. The Hall–Kier alpha value is -2.37. The zero-order chi connectivity index (χ0) is 18.8. The third kappa shape index (κ3) is 3.84. The summed E-state index contributed by atoms with van der Waals surface area (Å²) in [6, 6.07) is 12.9. The summed E-state index contributed by atoms with van der Waals surface area (Å²) in [4.78, 5) is 23.5. The van der Waals surface area contributed by atoms with Gasteiger partial charge in [-0.2, -0.15) is 0 Å². The molecule has 2 heterocycles. The van der Waals surface area contributed by atoms with Crippen molar-refractivity contribution in [3.8, 4) is 0 Å². The average Bonchev–Trinajstić information content (AvgIpc) is 2.68. The van der Waals surface area contributed by atoms with Crippen LogP contribution in [0.3, 0.4) is 0 Å². The lowest BCUT2D eigenvalue weighted by Gasteiger charge is -2.33. The highest BCUT2D eigenvalue weighted by atomic mass is 35.5. The summed E-state index contributed by atoms with van der Waals surface area (Å²) in [7, 11) is 0. The van der Waals surface area contributed by atoms with Gasteiger partial charge in [0, 0.05) is 29.5 Å². The number of carbonyl (C=O) groups excluding carboxylic acids is 1. The van der Waals surface area contributed by atoms with E-state index < -0.39 is 0 Å². The minimum Gasteiger partial charge on any atom is -0.356 e. The summed E-state index contributed by atoms with van der Waals surface area (Å²) in [6.07, 6.45) is 3.25. The number of fused-ring (bicyclic) bond motifs is 1. The Morgan fingerprint density at radius 1 is 1.07 bits per heavy atom. The van der Waals surface area contributed by atoms with Crippen molar-refractivity contribution in [3.63, 3.8) is 0 Å². The molecular weight excluding hydrogens is 383 g/mol. The second-order valence-electron chi connectivity index (χ2n) is 6.57. The largest absolute Gasteiger partial charge is 0.356 e. The van der Waals surface area contributed by atoms with E-state index in [1.165, 1.54) is 0 Å². The highest BCUT2D eigenvalue weighted by Gasteiger charge is 2.23. The first-order chi connectivity index (χ1) is 13.1. The van der Waals surface area contributed by atoms with E-state index in [1.54, 1.807) is 18.5 Å². The van der Waals surface area contributed by atoms with E-state index in [2.05, 4.69) is 20.2 Å². The summed E-state index contributed by atoms with van der Waals surface area (Å²) in [5.74, 6) is 0.786. The Labute approximate surface area is 167 Å². The van der Waals surface area contributed by atoms with E-state index in [0.29, 0.717) is 15.6 Å². The molecule has 1 aromatic heterocycles. The van der Waals surface area contributed by atoms with Gasteiger partial charge in [0.25, 0.3) is 5.91 Å². The summed E-state index contributed by atoms with van der Waals surface area (Å²) in [5.41, 5.74) is 1.35. The Kier molecular flexibility index (Phi) is 5.14. The van der Waals surface area contributed by atoms with Crippen LogP contribution >= 0.6 is 23.2 Å². The van der Waals surface area contributed by atoms with Crippen molar-refractivity contribution in [2.75, 3.05) is 18.0 Å². The van der Waals surface area contributed by atoms with E-state index in [0.717, 1.165) is 42.7 Å². The number of piperidine rings is 1. The Morgan fingerprint density at radius 3 is 2.63 bits per heavy atom. The second kappa shape index (κ2) is 7.71. The lowest BCUT2D eigenvalue weighted by molar-refractivity contribution is 0.0931. The van der Waals surface area contributed by atoms with Crippen LogP contribution in [-0.2, 0) is 0 Å². The summed E-state index contributed by atoms with van der Waals surface area (Å²) in [6.45, 7) is 1.62. The molecule has 0 aliphatic carbocycles. The van der Waals surface area contributed by atoms with Gasteiger partial charge in [-0.15, -0.1) is 0 Å². The minimum absolute atomic E-state index is 0.118. The van der Waals surface area contributed by atoms with Crippen LogP contribution in [0.5, 0.6) is 0 Å². The number of rotatable bonds is 3. The first-order valence-corrected chi connectivity index (χ1v) is 9.58. The SMILES string of the molecule is O=C(NC1CCN(c2ncnc3cc(Cl)ccc23)CC1)c1ccccc1Cl. The second-order valence-corrected chi connectivity index (χ2v) is 7.42. The van der Waals surface area contributed by atoms with Gasteiger partial charge in [0.05, 0.1) is 16.1 Å². The van der Waals surface area contributed by atoms with Crippen LogP contribution in [0.25, 0.3) is 10.9 Å². The molecule has 0 atom stereocenters. The molecule has 1 saturated heterocycles. The van der Waals surface area contributed by atoms with Crippen molar-refractivity contribution in [2.24, 2.45) is 0 Å². The molecule has 0 spiro atoms. The molecule has 27 heavy (non-hydrogen) atoms. The molecule has 1 aliphatic rings. The number of nitrogens with zero attached hydrogens (tertiary/aromatic N) is 3. The molecular formula is C20H18Cl2N4O. The van der Waals surface area contributed by atoms with E-state index in [4.69, 9.17) is 23.2 Å². The third-order valence-corrected chi connectivity index (χ3v) is 5.39. The zero-order valence-electron chi connectivity index (χ0n) is 14.5. The van der Waals surface area contributed by atoms with E-state index in [9.17, 15) is 4.79 Å². The van der Waals surface area contributed by atoms with Crippen molar-refractivity contribution < 1.29 is 4.79 Å². The van der Waals surface area contributed by atoms with Gasteiger partial charge in [0.2, 0.25) is 0 Å². The molecule has 1 N–H and O–H groups in total. The van der Waals surface area contributed by atoms with Gasteiger partial charge in [0.1, 0.15) is 12.1 Å². The number of halogens is 2. The fraction of sp³-hybridized carbons (Fsp3) is 0.250. The molecule has 0 radical (unpaired) electrons. The van der Waals surface area contributed by atoms with Gasteiger partial charge < -0.3 is 10.2 Å². The lowest BCUT2D eigenvalue weighted by Crippen LogP contribution is -2.45. The monoisotopic (exact) mass is 400 g/mol. The Morgan fingerprint density at radius 2 is 1.85 bits per heavy atom. The van der Waals surface area contributed by atoms with E-state index >= 15 is 0 Å². The molecule has 0 saturated carbocycles. The zero-order valence-corrected chi connectivity index (χ0v) is 16.0. The van der Waals surface area contributed by atoms with Crippen LogP contribution in [0.2, 0.25) is 10.0 Å². The van der Waals surface area contributed by atoms with Crippen LogP contribution in [0.15, 0.2) is 48.8 Å². The number of carbonyl (C=O) groups is 1. The van der Waals surface area contributed by atoms with Crippen molar-refractivity contribution >= 4 is 45.8 Å². The lowest BCUT2D eigenvalue weighted by atomic mass is 10.0. The number of amides is 1. The molecule has 7 heteroatoms. The molecule has 138 valence electrons. The van der Waals surface area contributed by atoms with Gasteiger partial charge in [-0.25, -0.2) is 9.97 Å². The Balaban J connectivity index is 1.44. The minimum atomic E-state index is -0.124. The molecule has 0 bridgehead atoms. The van der Waals surface area contributed by atoms with Gasteiger partial charge >= 0.3 is 0 Å². The number of nitrogens with one attached hydrogen (secondary N) is 1. The normalized spacial score (nSPS) is 15.1. The van der Waals surface area contributed by atoms with Crippen LogP contribution < -0.4 is 10.2 Å². The van der Waals surface area contributed by atoms with Crippen LogP contribution in [0, 0.1) is 0 Å². The fourth-order valence-corrected chi connectivity index (χ4v) is 3.80. The highest BCUT2D eigenvalue weighted by molar-refractivity contribution is 6.33. The predicted octanol–water partition coefficient (Wildman–Crippen LogP) is 4.34. The van der Waals surface area contributed by atoms with Gasteiger partial charge in [-0.3, -0.25) is 4.79 Å². The number of anilines is 1. The third-order valence-electron chi connectivity index (χ3n) is 4.83. The Bertz CT molecular complexity index is 987. The number of aromatic nitrogens is 2. The van der Waals surface area contributed by atoms with Crippen LogP contribution in [0.4, 0.5) is 5.82 Å². The van der Waals surface area contributed by atoms with E-state index in [-0.39, 0.29) is 11.9 Å². The fourth-order valence-electron chi connectivity index (χ4n) is 3.41. The highest BCUT2D eigenvalue weighted by Crippen LogP contribution is 2.27. The van der Waals surface area contributed by atoms with Crippen molar-refractivity contribution in [1.82, 2.24) is 15.3 Å². The molecule has 5 nitrogen and oxygen atoms in total. The van der Waals surface area contributed by atoms with Crippen molar-refractivity contribution in [3.05, 3.63) is 64.4 Å². The quantitative estimate of drug-likeness (QED) is 0.710. The first-order valence-electron chi connectivity index (χ1n) is 8.82. The van der Waals surface area contributed by atoms with E-state index in [1.807, 2.05) is 30.3 Å². The summed E-state index contributed by atoms with van der Waals surface area (Å²) in [5, 5.41) is 5.21. The van der Waals surface area contributed by atoms with Crippen LogP contribution in [0.1, 0.15) is 23.2 Å². The number of hydrogen-bond acceptors (Lipinski definition) is 4. The van der Waals surface area contributed by atoms with Crippen molar-refractivity contribution in [2.45, 2.75) is 18.9 Å². The van der Waals surface area contributed by atoms with Crippen molar-refractivity contribution in [1.29, 1.82) is 0 Å². The molecule has 4 rings (SSSR count). The number of benzene rings is 2. The molecule has 1 aliphatic heterocycles. The predicted molar refractivity (Wildman–Crippen MR) is 109 cm³/mol.